The normalized spacial score (nSPS) is 10.2. The number of ether oxygens (including phenoxy) is 1. The van der Waals surface area contributed by atoms with Crippen LogP contribution < -0.4 is 10.1 Å². The SMILES string of the molecule is COc1cc(I)c(Cl)cc1C(=O)Nc1nncs1. The van der Waals surface area contributed by atoms with Gasteiger partial charge in [-0.15, -0.1) is 10.2 Å². The summed E-state index contributed by atoms with van der Waals surface area (Å²) in [5.41, 5.74) is 1.89. The Balaban J connectivity index is 2.32. The summed E-state index contributed by atoms with van der Waals surface area (Å²) >= 11 is 9.31. The van der Waals surface area contributed by atoms with E-state index in [4.69, 9.17) is 16.3 Å². The van der Waals surface area contributed by atoms with Gasteiger partial charge in [-0.05, 0) is 34.7 Å². The van der Waals surface area contributed by atoms with Gasteiger partial charge in [-0.1, -0.05) is 22.9 Å². The van der Waals surface area contributed by atoms with Crippen molar-refractivity contribution in [1.29, 1.82) is 0 Å². The number of nitrogens with zero attached hydrogens (tertiary/aromatic N) is 2. The summed E-state index contributed by atoms with van der Waals surface area (Å²) in [4.78, 5) is 12.0. The first kappa shape index (κ1) is 13.5. The molecule has 0 radical (unpaired) electrons. The number of carbonyl (C=O) groups is 1. The Morgan fingerprint density at radius 3 is 2.94 bits per heavy atom. The van der Waals surface area contributed by atoms with Crippen molar-refractivity contribution in [2.45, 2.75) is 0 Å². The lowest BCUT2D eigenvalue weighted by molar-refractivity contribution is 0.102. The van der Waals surface area contributed by atoms with Crippen molar-refractivity contribution < 1.29 is 9.53 Å². The fraction of sp³-hybridized carbons (Fsp3) is 0.100. The van der Waals surface area contributed by atoms with Gasteiger partial charge in [-0.3, -0.25) is 10.1 Å². The Labute approximate surface area is 126 Å². The van der Waals surface area contributed by atoms with Crippen LogP contribution >= 0.6 is 45.5 Å². The minimum atomic E-state index is -0.332. The topological polar surface area (TPSA) is 64.1 Å². The van der Waals surface area contributed by atoms with E-state index in [1.807, 2.05) is 0 Å². The molecule has 0 saturated carbocycles. The van der Waals surface area contributed by atoms with Crippen LogP contribution in [0.5, 0.6) is 5.75 Å². The predicted octanol–water partition coefficient (Wildman–Crippen LogP) is 3.06. The first-order valence-electron chi connectivity index (χ1n) is 4.72. The van der Waals surface area contributed by atoms with Gasteiger partial charge in [0.15, 0.2) is 0 Å². The molecule has 94 valence electrons. The molecule has 0 aliphatic carbocycles. The summed E-state index contributed by atoms with van der Waals surface area (Å²) < 4.78 is 5.98. The molecule has 1 amide bonds. The second kappa shape index (κ2) is 5.81. The van der Waals surface area contributed by atoms with Crippen LogP contribution in [-0.2, 0) is 0 Å². The molecule has 0 aliphatic rings. The lowest BCUT2D eigenvalue weighted by Gasteiger charge is -2.09. The minimum Gasteiger partial charge on any atom is -0.496 e. The van der Waals surface area contributed by atoms with Crippen molar-refractivity contribution in [3.05, 3.63) is 31.8 Å². The van der Waals surface area contributed by atoms with Crippen molar-refractivity contribution >= 4 is 56.6 Å². The number of anilines is 1. The molecule has 1 aromatic carbocycles. The van der Waals surface area contributed by atoms with Gasteiger partial charge in [0.05, 0.1) is 17.7 Å². The second-order valence-electron chi connectivity index (χ2n) is 3.16. The maximum atomic E-state index is 12.0. The Hall–Kier alpha value is -0.930. The molecule has 0 spiro atoms. The number of benzene rings is 1. The van der Waals surface area contributed by atoms with Gasteiger partial charge in [0, 0.05) is 3.57 Å². The highest BCUT2D eigenvalue weighted by molar-refractivity contribution is 14.1. The lowest BCUT2D eigenvalue weighted by Crippen LogP contribution is -2.13. The number of aromatic nitrogens is 2. The highest BCUT2D eigenvalue weighted by atomic mass is 127. The number of methoxy groups -OCH3 is 1. The van der Waals surface area contributed by atoms with Gasteiger partial charge in [-0.2, -0.15) is 0 Å². The molecule has 0 aliphatic heterocycles. The zero-order valence-electron chi connectivity index (χ0n) is 9.11. The van der Waals surface area contributed by atoms with Crippen molar-refractivity contribution in [3.8, 4) is 5.75 Å². The highest BCUT2D eigenvalue weighted by Crippen LogP contribution is 2.28. The Morgan fingerprint density at radius 2 is 2.33 bits per heavy atom. The van der Waals surface area contributed by atoms with Gasteiger partial charge in [0.2, 0.25) is 5.13 Å². The largest absolute Gasteiger partial charge is 0.496 e. The van der Waals surface area contributed by atoms with Crippen LogP contribution in [0.3, 0.4) is 0 Å². The number of amides is 1. The summed E-state index contributed by atoms with van der Waals surface area (Å²) in [6.45, 7) is 0. The quantitative estimate of drug-likeness (QED) is 0.811. The van der Waals surface area contributed by atoms with Gasteiger partial charge in [-0.25, -0.2) is 0 Å². The van der Waals surface area contributed by atoms with Crippen LogP contribution in [0.4, 0.5) is 5.13 Å². The molecule has 0 unspecified atom stereocenters. The average Bonchev–Trinajstić information content (AvgIpc) is 2.84. The van der Waals surface area contributed by atoms with Crippen LogP contribution in [0.25, 0.3) is 0 Å². The Morgan fingerprint density at radius 1 is 1.56 bits per heavy atom. The monoisotopic (exact) mass is 395 g/mol. The van der Waals surface area contributed by atoms with E-state index in [9.17, 15) is 4.79 Å². The van der Waals surface area contributed by atoms with Gasteiger partial charge in [0.25, 0.3) is 5.91 Å². The van der Waals surface area contributed by atoms with E-state index in [-0.39, 0.29) is 5.91 Å². The molecule has 1 N–H and O–H groups in total. The number of carbonyl (C=O) groups excluding carboxylic acids is 1. The number of rotatable bonds is 3. The molecule has 5 nitrogen and oxygen atoms in total. The highest BCUT2D eigenvalue weighted by Gasteiger charge is 2.16. The number of nitrogens with one attached hydrogen (secondary N) is 1. The van der Waals surface area contributed by atoms with Crippen molar-refractivity contribution in [2.24, 2.45) is 0 Å². The van der Waals surface area contributed by atoms with Crippen molar-refractivity contribution in [2.75, 3.05) is 12.4 Å². The fourth-order valence-corrected chi connectivity index (χ4v) is 2.31. The van der Waals surface area contributed by atoms with Crippen LogP contribution in [0.1, 0.15) is 10.4 Å². The molecule has 1 heterocycles. The van der Waals surface area contributed by atoms with Crippen LogP contribution in [-0.4, -0.2) is 23.2 Å². The van der Waals surface area contributed by atoms with E-state index >= 15 is 0 Å². The first-order valence-corrected chi connectivity index (χ1v) is 7.06. The van der Waals surface area contributed by atoms with Crippen molar-refractivity contribution in [1.82, 2.24) is 10.2 Å². The van der Waals surface area contributed by atoms with E-state index in [1.54, 1.807) is 12.1 Å². The van der Waals surface area contributed by atoms with E-state index in [2.05, 4.69) is 38.1 Å². The molecular formula is C10H7ClIN3O2S. The molecule has 0 fully saturated rings. The predicted molar refractivity (Wildman–Crippen MR) is 78.6 cm³/mol. The summed E-state index contributed by atoms with van der Waals surface area (Å²) in [5, 5.41) is 10.9. The van der Waals surface area contributed by atoms with E-state index in [1.165, 1.54) is 24.0 Å². The molecule has 8 heteroatoms. The molecule has 2 aromatic rings. The molecule has 0 atom stereocenters. The van der Waals surface area contributed by atoms with Gasteiger partial charge < -0.3 is 4.74 Å². The van der Waals surface area contributed by atoms with E-state index in [0.717, 1.165) is 3.57 Å². The molecule has 0 saturated heterocycles. The number of hydrogen-bond acceptors (Lipinski definition) is 5. The second-order valence-corrected chi connectivity index (χ2v) is 5.57. The Kier molecular flexibility index (Phi) is 4.36. The number of hydrogen-bond donors (Lipinski definition) is 1. The third kappa shape index (κ3) is 2.90. The molecule has 1 aromatic heterocycles. The average molecular weight is 396 g/mol. The zero-order valence-corrected chi connectivity index (χ0v) is 12.8. The molecular weight excluding hydrogens is 389 g/mol. The summed E-state index contributed by atoms with van der Waals surface area (Å²) in [5.74, 6) is 0.132. The molecule has 0 bridgehead atoms. The summed E-state index contributed by atoms with van der Waals surface area (Å²) in [7, 11) is 1.50. The Bertz CT molecular complexity index is 577. The van der Waals surface area contributed by atoms with Crippen molar-refractivity contribution in [3.63, 3.8) is 0 Å². The van der Waals surface area contributed by atoms with Crippen LogP contribution in [0.15, 0.2) is 17.6 Å². The standard InChI is InChI=1S/C10H7ClIN3O2S/c1-17-8-3-7(12)6(11)2-5(8)9(16)14-10-15-13-4-18-10/h2-4H,1H3,(H,14,15,16). The smallest absolute Gasteiger partial charge is 0.261 e. The third-order valence-corrected chi connectivity index (χ3v) is 4.20. The summed E-state index contributed by atoms with van der Waals surface area (Å²) in [6, 6.07) is 3.27. The first-order chi connectivity index (χ1) is 8.61. The van der Waals surface area contributed by atoms with Gasteiger partial charge in [0.1, 0.15) is 11.3 Å². The van der Waals surface area contributed by atoms with Crippen LogP contribution in [0, 0.1) is 3.57 Å². The maximum absolute atomic E-state index is 12.0. The van der Waals surface area contributed by atoms with Gasteiger partial charge >= 0.3 is 0 Å². The maximum Gasteiger partial charge on any atom is 0.261 e. The molecule has 18 heavy (non-hydrogen) atoms. The summed E-state index contributed by atoms with van der Waals surface area (Å²) in [6.07, 6.45) is 0. The fourth-order valence-electron chi connectivity index (χ4n) is 1.27. The van der Waals surface area contributed by atoms with Crippen LogP contribution in [0.2, 0.25) is 5.02 Å². The van der Waals surface area contributed by atoms with E-state index in [0.29, 0.717) is 21.5 Å². The minimum absolute atomic E-state index is 0.332. The zero-order chi connectivity index (χ0) is 13.1. The van der Waals surface area contributed by atoms with E-state index < -0.39 is 0 Å². The number of halogens is 2. The third-order valence-electron chi connectivity index (χ3n) is 2.07. The molecule has 2 rings (SSSR count). The lowest BCUT2D eigenvalue weighted by atomic mass is 10.2.